The molecule has 4 aromatic carbocycles. The third-order valence-corrected chi connectivity index (χ3v) is 9.24. The number of hydrogen-bond donors (Lipinski definition) is 2. The van der Waals surface area contributed by atoms with Gasteiger partial charge >= 0.3 is 6.16 Å². The largest absolute Gasteiger partial charge is 0.506 e. The maximum absolute atomic E-state index is 12.8. The molecular formula is C35H34ClN3O5S. The summed E-state index contributed by atoms with van der Waals surface area (Å²) in [4.78, 5) is 16.1. The summed E-state index contributed by atoms with van der Waals surface area (Å²) >= 11 is 5.99. The minimum atomic E-state index is -3.84. The third kappa shape index (κ3) is 7.99. The summed E-state index contributed by atoms with van der Waals surface area (Å²) in [6.45, 7) is 0.0338. The number of benzene rings is 4. The van der Waals surface area contributed by atoms with Crippen LogP contribution in [0, 0.1) is 0 Å². The van der Waals surface area contributed by atoms with Crippen LogP contribution >= 0.6 is 11.6 Å². The van der Waals surface area contributed by atoms with Gasteiger partial charge in [0.25, 0.3) is 0 Å². The number of rotatable bonds is 14. The number of nitrogens with one attached hydrogen (secondary N) is 1. The summed E-state index contributed by atoms with van der Waals surface area (Å²) in [6, 6.07) is 37.6. The summed E-state index contributed by atoms with van der Waals surface area (Å²) < 4.78 is 35.2. The quantitative estimate of drug-likeness (QED) is 0.101. The Labute approximate surface area is 268 Å². The van der Waals surface area contributed by atoms with Gasteiger partial charge in [0.15, 0.2) is 0 Å². The fourth-order valence-corrected chi connectivity index (χ4v) is 7.08. The number of carboxylic acid groups (broad SMARTS) is 1. The normalized spacial score (nSPS) is 12.5. The van der Waals surface area contributed by atoms with E-state index < -0.39 is 33.6 Å². The van der Waals surface area contributed by atoms with Gasteiger partial charge in [-0.2, -0.15) is 0 Å². The van der Waals surface area contributed by atoms with E-state index in [0.29, 0.717) is 23.4 Å². The average Bonchev–Trinajstić information content (AvgIpc) is 3.51. The lowest BCUT2D eigenvalue weighted by atomic mass is 9.77. The first-order valence-corrected chi connectivity index (χ1v) is 16.6. The van der Waals surface area contributed by atoms with Crippen LogP contribution in [-0.4, -0.2) is 41.1 Å². The highest BCUT2D eigenvalue weighted by atomic mass is 35.5. The summed E-state index contributed by atoms with van der Waals surface area (Å²) in [5.41, 5.74) is 3.98. The van der Waals surface area contributed by atoms with Crippen molar-refractivity contribution in [1.82, 2.24) is 14.3 Å². The molecule has 45 heavy (non-hydrogen) atoms. The predicted octanol–water partition coefficient (Wildman–Crippen LogP) is 6.88. The van der Waals surface area contributed by atoms with Crippen LogP contribution in [0.1, 0.15) is 40.8 Å². The van der Waals surface area contributed by atoms with E-state index in [1.165, 1.54) is 0 Å². The second kappa shape index (κ2) is 14.6. The first-order valence-electron chi connectivity index (χ1n) is 14.6. The topological polar surface area (TPSA) is 111 Å². The molecule has 1 heterocycles. The van der Waals surface area contributed by atoms with Crippen molar-refractivity contribution in [2.75, 3.05) is 5.75 Å². The molecule has 1 unspecified atom stereocenters. The van der Waals surface area contributed by atoms with Crippen LogP contribution in [0.2, 0.25) is 5.02 Å². The van der Waals surface area contributed by atoms with Gasteiger partial charge in [0.2, 0.25) is 10.0 Å². The van der Waals surface area contributed by atoms with Gasteiger partial charge < -0.3 is 14.4 Å². The number of aromatic nitrogens is 2. The lowest BCUT2D eigenvalue weighted by Crippen LogP contribution is -2.36. The minimum Gasteiger partial charge on any atom is -0.450 e. The zero-order valence-electron chi connectivity index (χ0n) is 24.5. The highest BCUT2D eigenvalue weighted by Crippen LogP contribution is 2.40. The highest BCUT2D eigenvalue weighted by molar-refractivity contribution is 7.89. The Balaban J connectivity index is 1.34. The third-order valence-electron chi connectivity index (χ3n) is 7.62. The van der Waals surface area contributed by atoms with Crippen molar-refractivity contribution in [2.45, 2.75) is 37.5 Å². The van der Waals surface area contributed by atoms with Gasteiger partial charge in [-0.1, -0.05) is 115 Å². The van der Waals surface area contributed by atoms with E-state index in [1.807, 2.05) is 67.1 Å². The Kier molecular flexibility index (Phi) is 10.3. The van der Waals surface area contributed by atoms with E-state index in [0.717, 1.165) is 22.4 Å². The van der Waals surface area contributed by atoms with Gasteiger partial charge in [0.05, 0.1) is 12.0 Å². The maximum atomic E-state index is 12.8. The van der Waals surface area contributed by atoms with Crippen LogP contribution in [0.5, 0.6) is 0 Å². The zero-order valence-corrected chi connectivity index (χ0v) is 26.1. The van der Waals surface area contributed by atoms with E-state index in [4.69, 9.17) is 21.3 Å². The van der Waals surface area contributed by atoms with Crippen molar-refractivity contribution < 1.29 is 23.1 Å². The second-order valence-corrected chi connectivity index (χ2v) is 13.0. The van der Waals surface area contributed by atoms with E-state index in [1.54, 1.807) is 24.3 Å². The molecule has 0 bridgehead atoms. The summed E-state index contributed by atoms with van der Waals surface area (Å²) in [5.74, 6) is -0.493. The summed E-state index contributed by atoms with van der Waals surface area (Å²) in [7, 11) is -3.84. The van der Waals surface area contributed by atoms with Crippen LogP contribution in [0.3, 0.4) is 0 Å². The minimum absolute atomic E-state index is 0.0338. The monoisotopic (exact) mass is 643 g/mol. The van der Waals surface area contributed by atoms with Crippen molar-refractivity contribution in [3.63, 3.8) is 0 Å². The van der Waals surface area contributed by atoms with Crippen molar-refractivity contribution >= 4 is 27.8 Å². The lowest BCUT2D eigenvalue weighted by molar-refractivity contribution is 0.0562. The molecule has 0 fully saturated rings. The summed E-state index contributed by atoms with van der Waals surface area (Å²) in [5, 5.41) is 9.78. The molecule has 5 aromatic rings. The van der Waals surface area contributed by atoms with Crippen molar-refractivity contribution in [2.24, 2.45) is 0 Å². The molecule has 2 N–H and O–H groups in total. The first-order chi connectivity index (χ1) is 21.8. The van der Waals surface area contributed by atoms with Gasteiger partial charge in [0, 0.05) is 17.8 Å². The molecule has 0 aliphatic carbocycles. The Morgan fingerprint density at radius 1 is 0.889 bits per heavy atom. The van der Waals surface area contributed by atoms with Crippen LogP contribution in [0.15, 0.2) is 128 Å². The number of carbonyl (C=O) groups is 1. The number of imidazole rings is 1. The van der Waals surface area contributed by atoms with Gasteiger partial charge in [-0.05, 0) is 53.6 Å². The Morgan fingerprint density at radius 3 is 2.00 bits per heavy atom. The van der Waals surface area contributed by atoms with Crippen molar-refractivity contribution in [3.05, 3.63) is 161 Å². The molecule has 1 atom stereocenters. The standard InChI is InChI=1S/C35H34ClN3O5S/c36-31-19-10-12-27(22-31)23-38-45(42,43)25-33(44-34(40)41)21-11-20-32-24-39(26-37-32)35(28-13-4-1-5-14-28,29-15-6-2-7-16-29)30-17-8-3-9-18-30/h1-10,12-19,22,24,26,33,38H,11,20-21,23,25H2,(H,40,41). The molecule has 0 saturated carbocycles. The molecule has 232 valence electrons. The molecule has 0 aliphatic heterocycles. The predicted molar refractivity (Wildman–Crippen MR) is 175 cm³/mol. The molecule has 0 radical (unpaired) electrons. The smallest absolute Gasteiger partial charge is 0.450 e. The molecule has 0 saturated heterocycles. The maximum Gasteiger partial charge on any atom is 0.506 e. The molecule has 5 rings (SSSR count). The molecule has 0 amide bonds. The summed E-state index contributed by atoms with van der Waals surface area (Å²) in [6.07, 6.45) is 2.43. The Hall–Kier alpha value is -4.44. The number of sulfonamides is 1. The first kappa shape index (κ1) is 32.0. The van der Waals surface area contributed by atoms with Crippen LogP contribution in [0.25, 0.3) is 0 Å². The second-order valence-electron chi connectivity index (χ2n) is 10.7. The van der Waals surface area contributed by atoms with E-state index >= 15 is 0 Å². The molecule has 10 heteroatoms. The fraction of sp³-hybridized carbons (Fsp3) is 0.200. The number of aryl methyl sites for hydroxylation is 1. The molecule has 8 nitrogen and oxygen atoms in total. The van der Waals surface area contributed by atoms with Gasteiger partial charge in [-0.25, -0.2) is 22.9 Å². The molecule has 0 spiro atoms. The zero-order chi connectivity index (χ0) is 31.7. The molecular weight excluding hydrogens is 610 g/mol. The van der Waals surface area contributed by atoms with Gasteiger partial charge in [-0.15, -0.1) is 0 Å². The number of nitrogens with zero attached hydrogens (tertiary/aromatic N) is 2. The Bertz CT molecular complexity index is 1700. The molecule has 0 aliphatic rings. The SMILES string of the molecule is O=C(O)OC(CCCc1cn(C(c2ccccc2)(c2ccccc2)c2ccccc2)cn1)CS(=O)(=O)NCc1cccc(Cl)c1. The average molecular weight is 644 g/mol. The van der Waals surface area contributed by atoms with Crippen LogP contribution in [0.4, 0.5) is 4.79 Å². The van der Waals surface area contributed by atoms with Gasteiger partial charge in [0.1, 0.15) is 17.4 Å². The van der Waals surface area contributed by atoms with Crippen molar-refractivity contribution in [3.8, 4) is 0 Å². The van der Waals surface area contributed by atoms with Crippen LogP contribution in [-0.2, 0) is 33.3 Å². The van der Waals surface area contributed by atoms with Crippen molar-refractivity contribution in [1.29, 1.82) is 0 Å². The number of hydrogen-bond acceptors (Lipinski definition) is 5. The lowest BCUT2D eigenvalue weighted by Gasteiger charge is -2.37. The number of ether oxygens (including phenoxy) is 1. The Morgan fingerprint density at radius 2 is 1.47 bits per heavy atom. The van der Waals surface area contributed by atoms with Crippen LogP contribution < -0.4 is 4.72 Å². The van der Waals surface area contributed by atoms with E-state index in [2.05, 4.69) is 45.7 Å². The molecule has 1 aromatic heterocycles. The highest BCUT2D eigenvalue weighted by Gasteiger charge is 2.38. The fourth-order valence-electron chi connectivity index (χ4n) is 5.63. The van der Waals surface area contributed by atoms with E-state index in [9.17, 15) is 18.3 Å². The van der Waals surface area contributed by atoms with Gasteiger partial charge in [-0.3, -0.25) is 0 Å². The number of halogens is 1. The van der Waals surface area contributed by atoms with E-state index in [-0.39, 0.29) is 13.0 Å².